The van der Waals surface area contributed by atoms with Crippen LogP contribution in [0.3, 0.4) is 0 Å². The lowest BCUT2D eigenvalue weighted by Gasteiger charge is -2.01. The third-order valence-electron chi connectivity index (χ3n) is 2.78. The first-order valence-electron chi connectivity index (χ1n) is 7.49. The number of hydrogen-bond donors (Lipinski definition) is 2. The Balaban J connectivity index is 0. The van der Waals surface area contributed by atoms with Crippen molar-refractivity contribution in [2.45, 2.75) is 78.1 Å². The van der Waals surface area contributed by atoms with Gasteiger partial charge in [-0.05, 0) is 20.0 Å². The molecule has 0 aliphatic carbocycles. The van der Waals surface area contributed by atoms with E-state index in [-0.39, 0.29) is 0 Å². The summed E-state index contributed by atoms with van der Waals surface area (Å²) in [6.07, 6.45) is 14.3. The van der Waals surface area contributed by atoms with Crippen LogP contribution in [0.4, 0.5) is 0 Å². The van der Waals surface area contributed by atoms with E-state index >= 15 is 0 Å². The van der Waals surface area contributed by atoms with Crippen molar-refractivity contribution in [2.75, 3.05) is 13.6 Å². The highest BCUT2D eigenvalue weighted by Crippen LogP contribution is 2.09. The minimum Gasteiger partial charge on any atom is -0.481 e. The van der Waals surface area contributed by atoms with Crippen LogP contribution < -0.4 is 5.32 Å². The van der Waals surface area contributed by atoms with Gasteiger partial charge in [0, 0.05) is 6.92 Å². The summed E-state index contributed by atoms with van der Waals surface area (Å²) in [4.78, 5) is 9.00. The summed E-state index contributed by atoms with van der Waals surface area (Å²) in [7, 11) is 2.04. The van der Waals surface area contributed by atoms with Crippen LogP contribution in [0.25, 0.3) is 0 Å². The normalized spacial score (nSPS) is 9.72. The maximum absolute atomic E-state index is 9.00. The van der Waals surface area contributed by atoms with E-state index < -0.39 is 5.97 Å². The minimum atomic E-state index is -0.833. The summed E-state index contributed by atoms with van der Waals surface area (Å²) >= 11 is 0. The first-order chi connectivity index (χ1) is 8.65. The highest BCUT2D eigenvalue weighted by Gasteiger charge is 1.91. The fourth-order valence-electron chi connectivity index (χ4n) is 1.79. The van der Waals surface area contributed by atoms with Gasteiger partial charge in [-0.15, -0.1) is 0 Å². The van der Waals surface area contributed by atoms with Gasteiger partial charge in [-0.1, -0.05) is 64.7 Å². The molecule has 2 N–H and O–H groups in total. The molecule has 0 spiro atoms. The Kier molecular flexibility index (Phi) is 20.6. The molecule has 0 radical (unpaired) electrons. The van der Waals surface area contributed by atoms with Crippen LogP contribution in [0, 0.1) is 0 Å². The van der Waals surface area contributed by atoms with Crippen LogP contribution in [-0.4, -0.2) is 24.7 Å². The first kappa shape index (κ1) is 19.8. The molecular weight excluding hydrogens is 226 g/mol. The fourth-order valence-corrected chi connectivity index (χ4v) is 1.79. The van der Waals surface area contributed by atoms with Gasteiger partial charge in [0.15, 0.2) is 0 Å². The number of hydrogen-bond acceptors (Lipinski definition) is 2. The lowest BCUT2D eigenvalue weighted by molar-refractivity contribution is -0.134. The Labute approximate surface area is 113 Å². The van der Waals surface area contributed by atoms with E-state index in [1.807, 2.05) is 7.05 Å². The van der Waals surface area contributed by atoms with E-state index in [0.29, 0.717) is 0 Å². The van der Waals surface area contributed by atoms with Crippen molar-refractivity contribution in [3.8, 4) is 0 Å². The van der Waals surface area contributed by atoms with Crippen molar-refractivity contribution >= 4 is 5.97 Å². The second-order valence-corrected chi connectivity index (χ2v) is 4.80. The number of carbonyl (C=O) groups is 1. The Morgan fingerprint density at radius 1 is 0.889 bits per heavy atom. The van der Waals surface area contributed by atoms with Crippen molar-refractivity contribution in [3.05, 3.63) is 0 Å². The lowest BCUT2D eigenvalue weighted by Crippen LogP contribution is -2.06. The molecule has 3 heteroatoms. The highest BCUT2D eigenvalue weighted by molar-refractivity contribution is 5.62. The molecule has 0 aromatic heterocycles. The van der Waals surface area contributed by atoms with Gasteiger partial charge >= 0.3 is 0 Å². The summed E-state index contributed by atoms with van der Waals surface area (Å²) in [5, 5.41) is 10.6. The SMILES string of the molecule is CC(=O)O.CCCCCCCCCCCCNC. The maximum Gasteiger partial charge on any atom is 0.300 e. The average Bonchev–Trinajstić information content (AvgIpc) is 2.31. The van der Waals surface area contributed by atoms with Crippen LogP contribution in [0.5, 0.6) is 0 Å². The molecule has 0 bridgehead atoms. The van der Waals surface area contributed by atoms with Gasteiger partial charge in [0.2, 0.25) is 0 Å². The van der Waals surface area contributed by atoms with Crippen LogP contribution in [0.1, 0.15) is 78.1 Å². The Bertz CT molecular complexity index is 145. The predicted octanol–water partition coefficient (Wildman–Crippen LogP) is 4.22. The van der Waals surface area contributed by atoms with E-state index in [1.165, 1.54) is 70.8 Å². The molecule has 0 aromatic carbocycles. The zero-order valence-electron chi connectivity index (χ0n) is 12.6. The standard InChI is InChI=1S/C13H29N.C2H4O2/c1-3-4-5-6-7-8-9-10-11-12-13-14-2;1-2(3)4/h14H,3-13H2,1-2H3;1H3,(H,3,4). The van der Waals surface area contributed by atoms with Crippen LogP contribution in [0.2, 0.25) is 0 Å². The van der Waals surface area contributed by atoms with Crippen molar-refractivity contribution < 1.29 is 9.90 Å². The first-order valence-corrected chi connectivity index (χ1v) is 7.49. The number of rotatable bonds is 11. The fraction of sp³-hybridized carbons (Fsp3) is 0.933. The molecule has 0 amide bonds. The third kappa shape index (κ3) is 29.5. The van der Waals surface area contributed by atoms with Gasteiger partial charge in [-0.2, -0.15) is 0 Å². The highest BCUT2D eigenvalue weighted by atomic mass is 16.4. The molecule has 0 rings (SSSR count). The van der Waals surface area contributed by atoms with Gasteiger partial charge in [0.05, 0.1) is 0 Å². The summed E-state index contributed by atoms with van der Waals surface area (Å²) in [5.74, 6) is -0.833. The molecule has 0 heterocycles. The molecular formula is C15H33NO2. The molecule has 110 valence electrons. The quantitative estimate of drug-likeness (QED) is 0.546. The molecule has 0 saturated carbocycles. The Morgan fingerprint density at radius 3 is 1.56 bits per heavy atom. The molecule has 0 aliphatic heterocycles. The smallest absolute Gasteiger partial charge is 0.300 e. The Morgan fingerprint density at radius 2 is 1.22 bits per heavy atom. The molecule has 18 heavy (non-hydrogen) atoms. The van der Waals surface area contributed by atoms with Crippen molar-refractivity contribution in [1.29, 1.82) is 0 Å². The van der Waals surface area contributed by atoms with Crippen LogP contribution in [0.15, 0.2) is 0 Å². The zero-order chi connectivity index (χ0) is 14.1. The number of carboxylic acid groups (broad SMARTS) is 1. The topological polar surface area (TPSA) is 49.3 Å². The monoisotopic (exact) mass is 259 g/mol. The molecule has 0 unspecified atom stereocenters. The minimum absolute atomic E-state index is 0.833. The number of nitrogens with one attached hydrogen (secondary N) is 1. The van der Waals surface area contributed by atoms with Crippen molar-refractivity contribution in [3.63, 3.8) is 0 Å². The van der Waals surface area contributed by atoms with Crippen molar-refractivity contribution in [1.82, 2.24) is 5.32 Å². The largest absolute Gasteiger partial charge is 0.481 e. The second kappa shape index (κ2) is 18.8. The molecule has 0 atom stereocenters. The van der Waals surface area contributed by atoms with E-state index in [4.69, 9.17) is 9.90 Å². The average molecular weight is 259 g/mol. The van der Waals surface area contributed by atoms with Crippen molar-refractivity contribution in [2.24, 2.45) is 0 Å². The summed E-state index contributed by atoms with van der Waals surface area (Å²) < 4.78 is 0. The summed E-state index contributed by atoms with van der Waals surface area (Å²) in [6.45, 7) is 4.55. The molecule has 0 saturated heterocycles. The molecule has 0 aromatic rings. The van der Waals surface area contributed by atoms with E-state index in [1.54, 1.807) is 0 Å². The van der Waals surface area contributed by atoms with Gasteiger partial charge in [0.1, 0.15) is 0 Å². The van der Waals surface area contributed by atoms with E-state index in [0.717, 1.165) is 6.92 Å². The molecule has 3 nitrogen and oxygen atoms in total. The number of carboxylic acids is 1. The van der Waals surface area contributed by atoms with E-state index in [2.05, 4.69) is 12.2 Å². The Hall–Kier alpha value is -0.570. The molecule has 0 fully saturated rings. The summed E-state index contributed by atoms with van der Waals surface area (Å²) in [6, 6.07) is 0. The summed E-state index contributed by atoms with van der Waals surface area (Å²) in [5.41, 5.74) is 0. The predicted molar refractivity (Wildman–Crippen MR) is 79.1 cm³/mol. The van der Waals surface area contributed by atoms with Gasteiger partial charge in [0.25, 0.3) is 5.97 Å². The maximum atomic E-state index is 9.00. The lowest BCUT2D eigenvalue weighted by atomic mass is 10.1. The van der Waals surface area contributed by atoms with E-state index in [9.17, 15) is 0 Å². The third-order valence-corrected chi connectivity index (χ3v) is 2.78. The number of unbranched alkanes of at least 4 members (excludes halogenated alkanes) is 9. The van der Waals surface area contributed by atoms with Crippen LogP contribution in [-0.2, 0) is 4.79 Å². The van der Waals surface area contributed by atoms with Gasteiger partial charge in [-0.3, -0.25) is 4.79 Å². The van der Waals surface area contributed by atoms with Gasteiger partial charge < -0.3 is 10.4 Å². The number of aliphatic carboxylic acids is 1. The molecule has 0 aliphatic rings. The second-order valence-electron chi connectivity index (χ2n) is 4.80. The van der Waals surface area contributed by atoms with Gasteiger partial charge in [-0.25, -0.2) is 0 Å². The zero-order valence-corrected chi connectivity index (χ0v) is 12.6. The van der Waals surface area contributed by atoms with Crippen LogP contribution >= 0.6 is 0 Å².